The largest absolute Gasteiger partial charge is 0.507 e. The predicted molar refractivity (Wildman–Crippen MR) is 66.6 cm³/mol. The second-order valence-corrected chi connectivity index (χ2v) is 3.73. The summed E-state index contributed by atoms with van der Waals surface area (Å²) in [5, 5.41) is 9.78. The number of aromatic hydroxyl groups is 1. The van der Waals surface area contributed by atoms with Crippen molar-refractivity contribution in [1.29, 1.82) is 0 Å². The molecule has 0 atom stereocenters. The lowest BCUT2D eigenvalue weighted by Gasteiger charge is -2.09. The van der Waals surface area contributed by atoms with E-state index in [1.807, 2.05) is 0 Å². The van der Waals surface area contributed by atoms with Gasteiger partial charge in [-0.15, -0.1) is 0 Å². The van der Waals surface area contributed by atoms with Crippen molar-refractivity contribution >= 4 is 0 Å². The normalized spacial score (nSPS) is 10.2. The van der Waals surface area contributed by atoms with Gasteiger partial charge in [0.1, 0.15) is 23.1 Å². The molecule has 0 unspecified atom stereocenters. The number of rotatable bonds is 3. The fourth-order valence-electron chi connectivity index (χ4n) is 1.70. The van der Waals surface area contributed by atoms with Crippen LogP contribution >= 0.6 is 0 Å². The Kier molecular flexibility index (Phi) is 3.37. The van der Waals surface area contributed by atoms with E-state index < -0.39 is 5.82 Å². The van der Waals surface area contributed by atoms with Crippen LogP contribution in [0.4, 0.5) is 4.39 Å². The van der Waals surface area contributed by atoms with Crippen LogP contribution in [-0.4, -0.2) is 19.3 Å². The summed E-state index contributed by atoms with van der Waals surface area (Å²) in [7, 11) is 2.98. The average Bonchev–Trinajstić information content (AvgIpc) is 2.39. The third-order valence-electron chi connectivity index (χ3n) is 2.67. The van der Waals surface area contributed by atoms with Crippen LogP contribution in [0, 0.1) is 5.82 Å². The van der Waals surface area contributed by atoms with Crippen molar-refractivity contribution in [1.82, 2.24) is 0 Å². The number of hydrogen-bond donors (Lipinski definition) is 1. The van der Waals surface area contributed by atoms with E-state index in [0.29, 0.717) is 22.6 Å². The molecule has 0 aromatic heterocycles. The molecule has 0 spiro atoms. The first-order valence-electron chi connectivity index (χ1n) is 5.36. The molecular weight excluding hydrogens is 235 g/mol. The monoisotopic (exact) mass is 248 g/mol. The van der Waals surface area contributed by atoms with Gasteiger partial charge in [0, 0.05) is 17.2 Å². The summed E-state index contributed by atoms with van der Waals surface area (Å²) in [6.45, 7) is 0. The van der Waals surface area contributed by atoms with Crippen LogP contribution in [0.2, 0.25) is 0 Å². The second-order valence-electron chi connectivity index (χ2n) is 3.73. The number of methoxy groups -OCH3 is 2. The molecule has 0 aliphatic heterocycles. The molecule has 2 aromatic carbocycles. The van der Waals surface area contributed by atoms with E-state index >= 15 is 0 Å². The van der Waals surface area contributed by atoms with Crippen LogP contribution in [0.5, 0.6) is 17.2 Å². The molecule has 0 saturated carbocycles. The Balaban J connectivity index is 2.54. The van der Waals surface area contributed by atoms with Gasteiger partial charge in [0.2, 0.25) is 0 Å². The van der Waals surface area contributed by atoms with Gasteiger partial charge in [0.15, 0.2) is 0 Å². The van der Waals surface area contributed by atoms with Crippen molar-refractivity contribution in [3.05, 3.63) is 42.2 Å². The first-order chi connectivity index (χ1) is 8.65. The number of ether oxygens (including phenoxy) is 2. The fourth-order valence-corrected chi connectivity index (χ4v) is 1.70. The number of halogens is 1. The molecule has 94 valence electrons. The highest BCUT2D eigenvalue weighted by atomic mass is 19.1. The molecule has 0 saturated heterocycles. The van der Waals surface area contributed by atoms with E-state index in [1.165, 1.54) is 26.4 Å². The average molecular weight is 248 g/mol. The quantitative estimate of drug-likeness (QED) is 0.906. The number of phenolic OH excluding ortho intramolecular Hbond substituents is 1. The Labute approximate surface area is 104 Å². The van der Waals surface area contributed by atoms with Gasteiger partial charge >= 0.3 is 0 Å². The van der Waals surface area contributed by atoms with E-state index in [1.54, 1.807) is 24.3 Å². The summed E-state index contributed by atoms with van der Waals surface area (Å²) in [5.41, 5.74) is 0.682. The van der Waals surface area contributed by atoms with Crippen molar-refractivity contribution in [2.45, 2.75) is 0 Å². The Morgan fingerprint density at radius 2 is 1.50 bits per heavy atom. The molecule has 0 aliphatic rings. The van der Waals surface area contributed by atoms with Gasteiger partial charge in [-0.05, 0) is 30.3 Å². The van der Waals surface area contributed by atoms with Crippen LogP contribution in [0.1, 0.15) is 0 Å². The zero-order valence-corrected chi connectivity index (χ0v) is 10.1. The topological polar surface area (TPSA) is 38.7 Å². The third-order valence-corrected chi connectivity index (χ3v) is 2.67. The number of benzene rings is 2. The lowest BCUT2D eigenvalue weighted by atomic mass is 10.0. The summed E-state index contributed by atoms with van der Waals surface area (Å²) in [6.07, 6.45) is 0. The highest BCUT2D eigenvalue weighted by Gasteiger charge is 2.11. The molecule has 18 heavy (non-hydrogen) atoms. The Morgan fingerprint density at radius 1 is 0.889 bits per heavy atom. The maximum atomic E-state index is 13.9. The van der Waals surface area contributed by atoms with Crippen LogP contribution < -0.4 is 9.47 Å². The highest BCUT2D eigenvalue weighted by molar-refractivity contribution is 5.72. The molecule has 1 N–H and O–H groups in total. The first kappa shape index (κ1) is 12.2. The van der Waals surface area contributed by atoms with E-state index in [-0.39, 0.29) is 5.75 Å². The molecule has 0 amide bonds. The second kappa shape index (κ2) is 4.96. The van der Waals surface area contributed by atoms with Crippen molar-refractivity contribution in [2.24, 2.45) is 0 Å². The highest BCUT2D eigenvalue weighted by Crippen LogP contribution is 2.35. The van der Waals surface area contributed by atoms with E-state index in [9.17, 15) is 9.50 Å². The van der Waals surface area contributed by atoms with Gasteiger partial charge in [-0.25, -0.2) is 4.39 Å². The van der Waals surface area contributed by atoms with Gasteiger partial charge in [0.05, 0.1) is 14.2 Å². The van der Waals surface area contributed by atoms with E-state index in [2.05, 4.69) is 0 Å². The lowest BCUT2D eigenvalue weighted by molar-refractivity contribution is 0.411. The summed E-state index contributed by atoms with van der Waals surface area (Å²) >= 11 is 0. The minimum Gasteiger partial charge on any atom is -0.507 e. The summed E-state index contributed by atoms with van der Waals surface area (Å²) in [4.78, 5) is 0. The Hall–Kier alpha value is -2.23. The Bertz CT molecular complexity index is 567. The number of phenols is 1. The molecule has 3 nitrogen and oxygen atoms in total. The molecule has 2 aromatic rings. The zero-order chi connectivity index (χ0) is 13.1. The lowest BCUT2D eigenvalue weighted by Crippen LogP contribution is -1.90. The maximum Gasteiger partial charge on any atom is 0.134 e. The molecule has 0 heterocycles. The summed E-state index contributed by atoms with van der Waals surface area (Å²) in [5.74, 6) is 0.523. The molecule has 0 bridgehead atoms. The predicted octanol–water partition coefficient (Wildman–Crippen LogP) is 3.22. The molecule has 0 aliphatic carbocycles. The minimum atomic E-state index is -0.460. The molecule has 4 heteroatoms. The smallest absolute Gasteiger partial charge is 0.134 e. The number of hydrogen-bond acceptors (Lipinski definition) is 3. The van der Waals surface area contributed by atoms with Crippen molar-refractivity contribution in [3.63, 3.8) is 0 Å². The summed E-state index contributed by atoms with van der Waals surface area (Å²) < 4.78 is 23.9. The Morgan fingerprint density at radius 3 is 2.11 bits per heavy atom. The molecule has 2 rings (SSSR count). The van der Waals surface area contributed by atoms with Gasteiger partial charge in [0.25, 0.3) is 0 Å². The summed E-state index contributed by atoms with van der Waals surface area (Å²) in [6, 6.07) is 9.13. The van der Waals surface area contributed by atoms with Crippen molar-refractivity contribution in [3.8, 4) is 28.4 Å². The first-order valence-corrected chi connectivity index (χ1v) is 5.36. The van der Waals surface area contributed by atoms with E-state index in [4.69, 9.17) is 9.47 Å². The SMILES string of the molecule is COc1ccc(-c2cc(OC)ccc2O)c(F)c1. The molecule has 0 radical (unpaired) electrons. The van der Waals surface area contributed by atoms with Crippen molar-refractivity contribution in [2.75, 3.05) is 14.2 Å². The fraction of sp³-hybridized carbons (Fsp3) is 0.143. The van der Waals surface area contributed by atoms with Gasteiger partial charge in [-0.3, -0.25) is 0 Å². The maximum absolute atomic E-state index is 13.9. The molecular formula is C14H13FO3. The van der Waals surface area contributed by atoms with Crippen molar-refractivity contribution < 1.29 is 19.0 Å². The van der Waals surface area contributed by atoms with Crippen LogP contribution in [0.15, 0.2) is 36.4 Å². The minimum absolute atomic E-state index is 0.000123. The van der Waals surface area contributed by atoms with Gasteiger partial charge in [-0.1, -0.05) is 0 Å². The van der Waals surface area contributed by atoms with E-state index in [0.717, 1.165) is 0 Å². The molecule has 0 fully saturated rings. The van der Waals surface area contributed by atoms with Crippen LogP contribution in [0.25, 0.3) is 11.1 Å². The van der Waals surface area contributed by atoms with Crippen LogP contribution in [-0.2, 0) is 0 Å². The zero-order valence-electron chi connectivity index (χ0n) is 10.1. The standard InChI is InChI=1S/C14H13FO3/c1-17-9-4-6-14(16)12(7-9)11-5-3-10(18-2)8-13(11)15/h3-8,16H,1-2H3. The van der Waals surface area contributed by atoms with Gasteiger partial charge < -0.3 is 14.6 Å². The third kappa shape index (κ3) is 2.22. The van der Waals surface area contributed by atoms with Crippen LogP contribution in [0.3, 0.4) is 0 Å². The van der Waals surface area contributed by atoms with Gasteiger partial charge in [-0.2, -0.15) is 0 Å².